The Kier molecular flexibility index (Phi) is 9.10. The van der Waals surface area contributed by atoms with Gasteiger partial charge in [0, 0.05) is 54.8 Å². The second-order valence-electron chi connectivity index (χ2n) is 10.2. The summed E-state index contributed by atoms with van der Waals surface area (Å²) in [5, 5.41) is 1.41. The van der Waals surface area contributed by atoms with Gasteiger partial charge in [0.05, 0.1) is 24.3 Å². The predicted octanol–water partition coefficient (Wildman–Crippen LogP) is 3.97. The highest BCUT2D eigenvalue weighted by Crippen LogP contribution is 2.36. The molecule has 206 valence electrons. The maximum absolute atomic E-state index is 13.7. The summed E-state index contributed by atoms with van der Waals surface area (Å²) in [6.07, 6.45) is 3.60. The van der Waals surface area contributed by atoms with E-state index in [0.29, 0.717) is 68.0 Å². The van der Waals surface area contributed by atoms with Crippen LogP contribution in [0.25, 0.3) is 10.9 Å². The number of methoxy groups -OCH3 is 1. The number of pyridine rings is 1. The number of carbonyl (C=O) groups is 3. The van der Waals surface area contributed by atoms with Gasteiger partial charge in [-0.15, -0.1) is 0 Å². The lowest BCUT2D eigenvalue weighted by molar-refractivity contribution is -0.141. The molecule has 1 aromatic heterocycles. The highest BCUT2D eigenvalue weighted by Gasteiger charge is 2.35. The molecule has 2 N–H and O–H groups in total. The molecule has 2 unspecified atom stereocenters. The quantitative estimate of drug-likeness (QED) is 0.547. The van der Waals surface area contributed by atoms with Crippen LogP contribution < -0.4 is 5.73 Å². The third-order valence-electron chi connectivity index (χ3n) is 7.62. The number of amides is 2. The molecule has 0 bridgehead atoms. The minimum atomic E-state index is -0.394. The van der Waals surface area contributed by atoms with E-state index < -0.39 is 12.1 Å². The maximum atomic E-state index is 13.7. The van der Waals surface area contributed by atoms with Crippen molar-refractivity contribution in [1.29, 1.82) is 0 Å². The van der Waals surface area contributed by atoms with Gasteiger partial charge in [0.2, 0.25) is 0 Å². The van der Waals surface area contributed by atoms with Crippen LogP contribution in [-0.4, -0.2) is 78.2 Å². The number of aryl methyl sites for hydroxylation is 1. The van der Waals surface area contributed by atoms with Gasteiger partial charge in [-0.1, -0.05) is 31.5 Å². The van der Waals surface area contributed by atoms with Crippen molar-refractivity contribution in [3.63, 3.8) is 0 Å². The van der Waals surface area contributed by atoms with Gasteiger partial charge in [-0.3, -0.25) is 14.6 Å². The van der Waals surface area contributed by atoms with Crippen molar-refractivity contribution < 1.29 is 23.9 Å². The third kappa shape index (κ3) is 5.89. The number of aromatic nitrogens is 1. The third-order valence-corrected chi connectivity index (χ3v) is 8.05. The molecule has 2 heterocycles. The SMILES string of the molecule is CCCOC(=O)N1CCN(C(=O)c2ccc3c(Cl)c4c(nc3c2)CCC(CC(=O)OC)C4)C(CC)[C@H](N)C1. The topological polar surface area (TPSA) is 115 Å². The van der Waals surface area contributed by atoms with Gasteiger partial charge >= 0.3 is 12.1 Å². The van der Waals surface area contributed by atoms with Crippen LogP contribution in [-0.2, 0) is 27.1 Å². The van der Waals surface area contributed by atoms with Gasteiger partial charge in [-0.05, 0) is 55.7 Å². The monoisotopic (exact) mass is 544 g/mol. The van der Waals surface area contributed by atoms with Crippen LogP contribution in [0.1, 0.15) is 61.1 Å². The lowest BCUT2D eigenvalue weighted by atomic mass is 9.84. The number of hydrogen-bond donors (Lipinski definition) is 1. The van der Waals surface area contributed by atoms with E-state index >= 15 is 0 Å². The fourth-order valence-corrected chi connectivity index (χ4v) is 5.91. The summed E-state index contributed by atoms with van der Waals surface area (Å²) >= 11 is 6.83. The van der Waals surface area contributed by atoms with Gasteiger partial charge in [-0.25, -0.2) is 4.79 Å². The van der Waals surface area contributed by atoms with Crippen molar-refractivity contribution in [3.05, 3.63) is 40.0 Å². The minimum absolute atomic E-state index is 0.147. The second-order valence-corrected chi connectivity index (χ2v) is 10.5. The number of fused-ring (bicyclic) bond motifs is 2. The molecule has 1 fully saturated rings. The Bertz CT molecular complexity index is 1210. The van der Waals surface area contributed by atoms with Crippen LogP contribution in [0.5, 0.6) is 0 Å². The molecule has 1 aliphatic heterocycles. The molecule has 9 nitrogen and oxygen atoms in total. The van der Waals surface area contributed by atoms with Gasteiger partial charge in [0.15, 0.2) is 0 Å². The van der Waals surface area contributed by atoms with E-state index in [0.717, 1.165) is 29.5 Å². The molecule has 2 amide bonds. The lowest BCUT2D eigenvalue weighted by Gasteiger charge is -2.32. The van der Waals surface area contributed by atoms with Crippen LogP contribution in [0.4, 0.5) is 4.79 Å². The van der Waals surface area contributed by atoms with E-state index in [1.165, 1.54) is 7.11 Å². The number of nitrogens with zero attached hydrogens (tertiary/aromatic N) is 3. The van der Waals surface area contributed by atoms with Crippen molar-refractivity contribution >= 4 is 40.5 Å². The molecule has 1 saturated heterocycles. The fraction of sp³-hybridized carbons (Fsp3) is 0.571. The van der Waals surface area contributed by atoms with Crippen molar-refractivity contribution in [2.45, 2.75) is 64.5 Å². The molecule has 3 atom stereocenters. The first-order valence-corrected chi connectivity index (χ1v) is 13.8. The fourth-order valence-electron chi connectivity index (χ4n) is 5.56. The molecule has 2 aromatic rings. The molecule has 0 radical (unpaired) electrons. The average Bonchev–Trinajstić information content (AvgIpc) is 3.09. The smallest absolute Gasteiger partial charge is 0.409 e. The average molecular weight is 545 g/mol. The maximum Gasteiger partial charge on any atom is 0.409 e. The van der Waals surface area contributed by atoms with Crippen molar-refractivity contribution in [2.75, 3.05) is 33.4 Å². The molecule has 2 aliphatic rings. The number of benzene rings is 1. The largest absolute Gasteiger partial charge is 0.469 e. The zero-order valence-electron chi connectivity index (χ0n) is 22.4. The first-order valence-electron chi connectivity index (χ1n) is 13.4. The van der Waals surface area contributed by atoms with Crippen molar-refractivity contribution in [1.82, 2.24) is 14.8 Å². The number of ether oxygens (including phenoxy) is 2. The summed E-state index contributed by atoms with van der Waals surface area (Å²) in [6.45, 7) is 5.35. The van der Waals surface area contributed by atoms with E-state index in [1.54, 1.807) is 21.9 Å². The molecule has 10 heteroatoms. The first-order chi connectivity index (χ1) is 18.3. The van der Waals surface area contributed by atoms with Crippen LogP contribution in [0.15, 0.2) is 18.2 Å². The van der Waals surface area contributed by atoms with Crippen molar-refractivity contribution in [3.8, 4) is 0 Å². The Balaban J connectivity index is 1.57. The Morgan fingerprint density at radius 3 is 2.71 bits per heavy atom. The van der Waals surface area contributed by atoms with Crippen LogP contribution in [0, 0.1) is 5.92 Å². The Morgan fingerprint density at radius 2 is 2.00 bits per heavy atom. The molecule has 38 heavy (non-hydrogen) atoms. The van der Waals surface area contributed by atoms with E-state index in [2.05, 4.69) is 0 Å². The summed E-state index contributed by atoms with van der Waals surface area (Å²) in [7, 11) is 1.40. The molecule has 0 saturated carbocycles. The Hall–Kier alpha value is -2.91. The number of halogens is 1. The number of rotatable bonds is 6. The zero-order chi connectivity index (χ0) is 27.4. The van der Waals surface area contributed by atoms with Crippen LogP contribution in [0.2, 0.25) is 5.02 Å². The van der Waals surface area contributed by atoms with Gasteiger partial charge in [0.1, 0.15) is 0 Å². The second kappa shape index (κ2) is 12.3. The van der Waals surface area contributed by atoms with E-state index in [4.69, 9.17) is 31.8 Å². The van der Waals surface area contributed by atoms with Crippen LogP contribution >= 0.6 is 11.6 Å². The van der Waals surface area contributed by atoms with Crippen LogP contribution in [0.3, 0.4) is 0 Å². The van der Waals surface area contributed by atoms with Crippen molar-refractivity contribution in [2.24, 2.45) is 11.7 Å². The van der Waals surface area contributed by atoms with E-state index in [-0.39, 0.29) is 23.8 Å². The summed E-state index contributed by atoms with van der Waals surface area (Å²) in [6, 6.07) is 4.80. The summed E-state index contributed by atoms with van der Waals surface area (Å²) < 4.78 is 10.1. The lowest BCUT2D eigenvalue weighted by Crippen LogP contribution is -2.51. The number of esters is 1. The van der Waals surface area contributed by atoms with Gasteiger partial charge in [-0.2, -0.15) is 0 Å². The number of nitrogens with two attached hydrogens (primary N) is 1. The molecular formula is C28H37ClN4O5. The number of carbonyl (C=O) groups excluding carboxylic acids is 3. The summed E-state index contributed by atoms with van der Waals surface area (Å²) in [4.78, 5) is 46.2. The van der Waals surface area contributed by atoms with Gasteiger partial charge < -0.3 is 25.0 Å². The zero-order valence-corrected chi connectivity index (χ0v) is 23.1. The highest BCUT2D eigenvalue weighted by atomic mass is 35.5. The first kappa shape index (κ1) is 28.1. The summed E-state index contributed by atoms with van der Waals surface area (Å²) in [5.74, 6) is -0.192. The van der Waals surface area contributed by atoms with E-state index in [9.17, 15) is 14.4 Å². The molecule has 0 spiro atoms. The molecular weight excluding hydrogens is 508 g/mol. The Labute approximate surface area is 228 Å². The molecule has 1 aliphatic carbocycles. The molecule has 1 aromatic carbocycles. The minimum Gasteiger partial charge on any atom is -0.469 e. The van der Waals surface area contributed by atoms with E-state index in [1.807, 2.05) is 19.9 Å². The predicted molar refractivity (Wildman–Crippen MR) is 145 cm³/mol. The normalized spacial score (nSPS) is 21.6. The standard InChI is InChI=1S/C28H37ClN4O5/c1-4-12-38-28(36)32-10-11-33(24(5-2)21(30)16-32)27(35)18-7-8-19-23(15-18)31-22-9-6-17(14-25(34)37-3)13-20(22)26(19)29/h7-8,15,17,21,24H,4-6,9-14,16,30H2,1-3H3/t17?,21-,24?/m1/s1. The van der Waals surface area contributed by atoms with Gasteiger partial charge in [0.25, 0.3) is 5.91 Å². The molecule has 4 rings (SSSR count). The Morgan fingerprint density at radius 1 is 1.21 bits per heavy atom. The summed E-state index contributed by atoms with van der Waals surface area (Å²) in [5.41, 5.74) is 9.55. The highest BCUT2D eigenvalue weighted by molar-refractivity contribution is 6.36. The number of hydrogen-bond acceptors (Lipinski definition) is 7.